The molecule has 7 nitrogen and oxygen atoms in total. The molecule has 3 aromatic carbocycles. The van der Waals surface area contributed by atoms with Gasteiger partial charge in [0, 0.05) is 16.7 Å². The van der Waals surface area contributed by atoms with Crippen LogP contribution in [0.2, 0.25) is 0 Å². The number of ether oxygens (including phenoxy) is 4. The summed E-state index contributed by atoms with van der Waals surface area (Å²) in [7, 11) is 3.03. The van der Waals surface area contributed by atoms with Crippen LogP contribution in [-0.2, 0) is 17.6 Å². The Kier molecular flexibility index (Phi) is 8.21. The molecular weight excluding hydrogens is 515 g/mol. The molecule has 1 aliphatic heterocycles. The predicted molar refractivity (Wildman–Crippen MR) is 137 cm³/mol. The Morgan fingerprint density at radius 3 is 2.28 bits per heavy atom. The number of benzene rings is 3. The Labute approximate surface area is 223 Å². The number of halogens is 3. The number of fused-ring (bicyclic) bond motifs is 1. The van der Waals surface area contributed by atoms with Crippen LogP contribution in [0.25, 0.3) is 11.1 Å². The van der Waals surface area contributed by atoms with Crippen molar-refractivity contribution >= 4 is 5.97 Å². The molecule has 0 aromatic heterocycles. The predicted octanol–water partition coefficient (Wildman–Crippen LogP) is 4.95. The number of aliphatic carboxylic acids is 1. The third kappa shape index (κ3) is 6.56. The number of hydrogen-bond acceptors (Lipinski definition) is 6. The average Bonchev–Trinajstić information content (AvgIpc) is 2.91. The van der Waals surface area contributed by atoms with E-state index in [0.717, 1.165) is 23.1 Å². The van der Waals surface area contributed by atoms with Gasteiger partial charge in [-0.25, -0.2) is 0 Å². The lowest BCUT2D eigenvalue weighted by Crippen LogP contribution is -2.32. The summed E-state index contributed by atoms with van der Waals surface area (Å²) in [5.74, 6) is 6.07. The van der Waals surface area contributed by atoms with Crippen molar-refractivity contribution in [2.45, 2.75) is 31.7 Å². The molecule has 0 fully saturated rings. The van der Waals surface area contributed by atoms with Crippen LogP contribution in [0.1, 0.15) is 28.7 Å². The lowest BCUT2D eigenvalue weighted by atomic mass is 9.89. The van der Waals surface area contributed by atoms with Crippen molar-refractivity contribution in [2.75, 3.05) is 20.8 Å². The average molecular weight is 542 g/mol. The Hall–Kier alpha value is -4.36. The van der Waals surface area contributed by atoms with E-state index in [1.807, 2.05) is 12.1 Å². The van der Waals surface area contributed by atoms with Gasteiger partial charge in [0.2, 0.25) is 0 Å². The van der Waals surface area contributed by atoms with Gasteiger partial charge in [0.25, 0.3) is 0 Å². The highest BCUT2D eigenvalue weighted by Crippen LogP contribution is 2.46. The number of carboxylic acid groups (broad SMARTS) is 1. The topological polar surface area (TPSA) is 100 Å². The maximum Gasteiger partial charge on any atom is 0.573 e. The van der Waals surface area contributed by atoms with Crippen LogP contribution in [0.5, 0.6) is 23.0 Å². The van der Waals surface area contributed by atoms with Crippen molar-refractivity contribution in [2.24, 2.45) is 5.73 Å². The Balaban J connectivity index is 1.71. The summed E-state index contributed by atoms with van der Waals surface area (Å²) in [6.45, 7) is 0.509. The summed E-state index contributed by atoms with van der Waals surface area (Å²) >= 11 is 0. The van der Waals surface area contributed by atoms with E-state index in [9.17, 15) is 23.1 Å². The zero-order valence-electron chi connectivity index (χ0n) is 21.2. The number of methoxy groups -OCH3 is 2. The van der Waals surface area contributed by atoms with Gasteiger partial charge in [-0.3, -0.25) is 4.79 Å². The van der Waals surface area contributed by atoms with Crippen molar-refractivity contribution in [3.63, 3.8) is 0 Å². The molecule has 3 N–H and O–H groups in total. The first kappa shape index (κ1) is 27.7. The third-order valence-corrected chi connectivity index (χ3v) is 6.15. The fraction of sp³-hybridized carbons (Fsp3) is 0.276. The second-order valence-electron chi connectivity index (χ2n) is 8.76. The van der Waals surface area contributed by atoms with Gasteiger partial charge in [0.15, 0.2) is 0 Å². The minimum absolute atomic E-state index is 0.174. The maximum atomic E-state index is 12.4. The fourth-order valence-electron chi connectivity index (χ4n) is 4.38. The molecule has 204 valence electrons. The van der Waals surface area contributed by atoms with Gasteiger partial charge in [-0.15, -0.1) is 13.2 Å². The molecule has 0 saturated carbocycles. The zero-order chi connectivity index (χ0) is 28.2. The summed E-state index contributed by atoms with van der Waals surface area (Å²) in [6, 6.07) is 11.4. The van der Waals surface area contributed by atoms with Crippen LogP contribution >= 0.6 is 0 Å². The van der Waals surface area contributed by atoms with Crippen LogP contribution in [0.15, 0.2) is 48.5 Å². The second-order valence-corrected chi connectivity index (χ2v) is 8.76. The number of alkyl halides is 3. The summed E-state index contributed by atoms with van der Waals surface area (Å²) < 4.78 is 58.5. The molecule has 1 atom stereocenters. The molecule has 0 amide bonds. The largest absolute Gasteiger partial charge is 0.573 e. The highest BCUT2D eigenvalue weighted by molar-refractivity contribution is 5.84. The lowest BCUT2D eigenvalue weighted by molar-refractivity contribution is -0.274. The quantitative estimate of drug-likeness (QED) is 0.409. The Morgan fingerprint density at radius 1 is 1.05 bits per heavy atom. The molecular formula is C29H26F3NO6. The molecule has 1 aliphatic rings. The van der Waals surface area contributed by atoms with Gasteiger partial charge in [-0.2, -0.15) is 0 Å². The maximum absolute atomic E-state index is 12.4. The van der Waals surface area contributed by atoms with Gasteiger partial charge < -0.3 is 29.8 Å². The molecule has 0 radical (unpaired) electrons. The van der Waals surface area contributed by atoms with E-state index in [4.69, 9.17) is 19.9 Å². The minimum Gasteiger partial charge on any atom is -0.496 e. The smallest absolute Gasteiger partial charge is 0.496 e. The van der Waals surface area contributed by atoms with E-state index in [1.54, 1.807) is 12.1 Å². The number of rotatable bonds is 7. The molecule has 0 bridgehead atoms. The first-order valence-corrected chi connectivity index (χ1v) is 12.0. The van der Waals surface area contributed by atoms with E-state index < -0.39 is 18.4 Å². The van der Waals surface area contributed by atoms with Gasteiger partial charge in [0.1, 0.15) is 29.0 Å². The van der Waals surface area contributed by atoms with Crippen LogP contribution in [0.3, 0.4) is 0 Å². The van der Waals surface area contributed by atoms with E-state index in [2.05, 4.69) is 16.6 Å². The molecule has 0 unspecified atom stereocenters. The molecule has 39 heavy (non-hydrogen) atoms. The molecule has 1 heterocycles. The molecule has 4 rings (SSSR count). The van der Waals surface area contributed by atoms with Crippen molar-refractivity contribution in [1.29, 1.82) is 0 Å². The molecule has 0 aliphatic carbocycles. The van der Waals surface area contributed by atoms with E-state index >= 15 is 0 Å². The third-order valence-electron chi connectivity index (χ3n) is 6.15. The normalized spacial score (nSPS) is 13.3. The standard InChI is InChI=1S/C29H26F3NO6/c1-36-24-14-18(6-5-17-7-10-20(11-8-17)39-29(30,31)32)15-25(37-2)26(24)22-12-9-19(16-23(33)28(34)35)21-4-3-13-38-27(21)22/h7-12,14-15,23H,3-4,13,16,33H2,1-2H3,(H,34,35)/t23-/m0/s1. The van der Waals surface area contributed by atoms with Crippen molar-refractivity contribution in [3.05, 3.63) is 70.8 Å². The van der Waals surface area contributed by atoms with E-state index in [0.29, 0.717) is 47.0 Å². The van der Waals surface area contributed by atoms with Crippen LogP contribution in [0, 0.1) is 11.8 Å². The van der Waals surface area contributed by atoms with Crippen LogP contribution < -0.4 is 24.7 Å². The first-order chi connectivity index (χ1) is 18.6. The lowest BCUT2D eigenvalue weighted by Gasteiger charge is -2.25. The van der Waals surface area contributed by atoms with Crippen molar-refractivity contribution in [3.8, 4) is 46.0 Å². The van der Waals surface area contributed by atoms with Gasteiger partial charge in [-0.1, -0.05) is 24.0 Å². The molecule has 10 heteroatoms. The van der Waals surface area contributed by atoms with Crippen LogP contribution in [-0.4, -0.2) is 44.3 Å². The zero-order valence-corrected chi connectivity index (χ0v) is 21.2. The minimum atomic E-state index is -4.77. The Bertz CT molecular complexity index is 1400. The molecule has 0 saturated heterocycles. The summed E-state index contributed by atoms with van der Waals surface area (Å²) in [6.07, 6.45) is -3.09. The molecule has 0 spiro atoms. The first-order valence-electron chi connectivity index (χ1n) is 12.0. The van der Waals surface area contributed by atoms with Crippen molar-refractivity contribution < 1.29 is 42.0 Å². The summed E-state index contributed by atoms with van der Waals surface area (Å²) in [5.41, 5.74) is 9.94. The Morgan fingerprint density at radius 2 is 1.69 bits per heavy atom. The van der Waals surface area contributed by atoms with Gasteiger partial charge in [0.05, 0.1) is 26.4 Å². The van der Waals surface area contributed by atoms with E-state index in [1.165, 1.54) is 38.5 Å². The van der Waals surface area contributed by atoms with Crippen LogP contribution in [0.4, 0.5) is 13.2 Å². The number of carboxylic acids is 1. The SMILES string of the molecule is COc1cc(C#Cc2ccc(OC(F)(F)F)cc2)cc(OC)c1-c1ccc(C[C@H](N)C(=O)O)c2c1OCCC2. The number of nitrogens with two attached hydrogens (primary N) is 1. The highest BCUT2D eigenvalue weighted by atomic mass is 19.4. The fourth-order valence-corrected chi connectivity index (χ4v) is 4.38. The number of carbonyl (C=O) groups is 1. The second kappa shape index (κ2) is 11.6. The monoisotopic (exact) mass is 541 g/mol. The molecule has 3 aromatic rings. The summed E-state index contributed by atoms with van der Waals surface area (Å²) in [5, 5.41) is 9.26. The van der Waals surface area contributed by atoms with Gasteiger partial charge >= 0.3 is 12.3 Å². The van der Waals surface area contributed by atoms with Crippen molar-refractivity contribution in [1.82, 2.24) is 0 Å². The van der Waals surface area contributed by atoms with E-state index in [-0.39, 0.29) is 12.2 Å². The number of hydrogen-bond donors (Lipinski definition) is 2. The van der Waals surface area contributed by atoms with Gasteiger partial charge in [-0.05, 0) is 66.8 Å². The summed E-state index contributed by atoms with van der Waals surface area (Å²) in [4.78, 5) is 11.3. The highest BCUT2D eigenvalue weighted by Gasteiger charge is 2.31.